The number of fused-ring (bicyclic) bond motifs is 2. The lowest BCUT2D eigenvalue weighted by Gasteiger charge is -2.31. The first-order valence-corrected chi connectivity index (χ1v) is 16.0. The number of thiol groups is 1. The highest BCUT2D eigenvalue weighted by Gasteiger charge is 2.58. The van der Waals surface area contributed by atoms with Crippen LogP contribution in [0, 0.1) is 0 Å². The minimum Gasteiger partial charge on any atom is -0.396 e. The smallest absolute Gasteiger partial charge is 0.282 e. The highest BCUT2D eigenvalue weighted by Crippen LogP contribution is 2.65. The van der Waals surface area contributed by atoms with Crippen LogP contribution in [0.3, 0.4) is 0 Å². The molecule has 6 rings (SSSR count). The number of hydrogen-bond donors (Lipinski definition) is 6. The van der Waals surface area contributed by atoms with E-state index in [9.17, 15) is 19.6 Å². The molecule has 7 N–H and O–H groups in total. The van der Waals surface area contributed by atoms with Gasteiger partial charge in [0.2, 0.25) is 5.95 Å². The molecule has 6 heterocycles. The maximum atomic E-state index is 15.9. The van der Waals surface area contributed by atoms with Crippen molar-refractivity contribution in [2.75, 3.05) is 31.8 Å². The van der Waals surface area contributed by atoms with Gasteiger partial charge in [-0.2, -0.15) is 9.67 Å². The van der Waals surface area contributed by atoms with E-state index in [1.807, 2.05) is 0 Å². The molecule has 2 fully saturated rings. The summed E-state index contributed by atoms with van der Waals surface area (Å²) < 4.78 is 55.8. The zero-order valence-electron chi connectivity index (χ0n) is 23.2. The third-order valence-corrected chi connectivity index (χ3v) is 10.7. The molecule has 44 heavy (non-hydrogen) atoms. The maximum absolute atomic E-state index is 15.9. The first kappa shape index (κ1) is 30.7. The summed E-state index contributed by atoms with van der Waals surface area (Å²) in [5.74, 6) is -0.128. The number of hydrogen-bond acceptors (Lipinski definition) is 16. The molecule has 0 bridgehead atoms. The topological polar surface area (TPSA) is 267 Å². The van der Waals surface area contributed by atoms with E-state index in [1.165, 1.54) is 31.3 Å². The minimum absolute atomic E-state index is 0.139. The fourth-order valence-corrected chi connectivity index (χ4v) is 8.08. The van der Waals surface area contributed by atoms with E-state index < -0.39 is 73.5 Å². The van der Waals surface area contributed by atoms with E-state index in [2.05, 4.69) is 47.5 Å². The molecular weight excluding hydrogens is 628 g/mol. The summed E-state index contributed by atoms with van der Waals surface area (Å²) >= 11 is 4.26. The van der Waals surface area contributed by atoms with Gasteiger partial charge >= 0.3 is 0 Å². The number of aliphatic hydroxyl groups is 2. The number of ether oxygens (including phenoxy) is 3. The SMILES string of the molecule is CO[C@H]1[C@@H](n2cnc3c(N)ncnc32)O[C@](C)(COP(=O)(S)[C@H]2C(n3nnc4c(=O)[nH]c(N)nc43)O[C@H](CCO)[C@@H]2F)[C@H]1O. The highest BCUT2D eigenvalue weighted by molar-refractivity contribution is 8.46. The molecule has 0 spiro atoms. The van der Waals surface area contributed by atoms with Crippen molar-refractivity contribution in [2.24, 2.45) is 0 Å². The van der Waals surface area contributed by atoms with Crippen molar-refractivity contribution in [3.8, 4) is 0 Å². The Morgan fingerprint density at radius 1 is 1.25 bits per heavy atom. The summed E-state index contributed by atoms with van der Waals surface area (Å²) in [6.07, 6.45) is -5.51. The standard InChI is InChI=1S/C22H29FN11O8PS/c1-22(14(36)12(39-2)19(42-22)33-7-28-10-15(24)26-6-27-16(10)33)5-40-43(38,44)13-9(23)8(3-4-35)41-20(13)34-17-11(31-32-34)18(37)30-21(25)29-17/h6-9,12-14,19-20,35-36H,3-5H2,1-2H3,(H,38,44)(H2,24,26,27)(H3,25,29,30,37)/t8-,9+,12-,13-,14+,19+,20?,22-,43?/m1/s1. The average molecular weight is 658 g/mol. The lowest BCUT2D eigenvalue weighted by molar-refractivity contribution is -0.111. The fraction of sp³-hybridized carbons (Fsp3) is 0.591. The van der Waals surface area contributed by atoms with Crippen LogP contribution >= 0.6 is 18.8 Å². The van der Waals surface area contributed by atoms with Gasteiger partial charge in [-0.15, -0.1) is 5.10 Å². The lowest BCUT2D eigenvalue weighted by Crippen LogP contribution is -2.45. The monoisotopic (exact) mass is 657 g/mol. The average Bonchev–Trinajstić information content (AvgIpc) is 3.72. The summed E-state index contributed by atoms with van der Waals surface area (Å²) in [7, 11) is 1.37. The molecule has 2 unspecified atom stereocenters. The summed E-state index contributed by atoms with van der Waals surface area (Å²) in [6.45, 7) is -3.83. The van der Waals surface area contributed by atoms with Gasteiger partial charge in [-0.3, -0.25) is 18.9 Å². The Labute approximate surface area is 251 Å². The molecule has 22 heteroatoms. The number of rotatable bonds is 9. The van der Waals surface area contributed by atoms with Crippen molar-refractivity contribution in [3.05, 3.63) is 23.0 Å². The molecule has 19 nitrogen and oxygen atoms in total. The number of alkyl halides is 1. The van der Waals surface area contributed by atoms with Crippen molar-refractivity contribution >= 4 is 52.9 Å². The number of methoxy groups -OCH3 is 1. The van der Waals surface area contributed by atoms with Crippen LogP contribution in [0.1, 0.15) is 25.8 Å². The van der Waals surface area contributed by atoms with E-state index >= 15 is 4.39 Å². The van der Waals surface area contributed by atoms with Crippen molar-refractivity contribution in [1.29, 1.82) is 0 Å². The third-order valence-electron chi connectivity index (χ3n) is 7.75. The molecule has 4 aromatic heterocycles. The molecule has 0 amide bonds. The number of aliphatic hydroxyl groups excluding tert-OH is 2. The number of halogens is 1. The van der Waals surface area contributed by atoms with Gasteiger partial charge in [0.25, 0.3) is 12.1 Å². The summed E-state index contributed by atoms with van der Waals surface area (Å²) in [4.78, 5) is 30.9. The number of aromatic amines is 1. The lowest BCUT2D eigenvalue weighted by atomic mass is 9.98. The number of nitrogens with one attached hydrogen (secondary N) is 1. The molecule has 2 saturated heterocycles. The molecule has 0 saturated carbocycles. The molecule has 2 aliphatic rings. The fourth-order valence-electron chi connectivity index (χ4n) is 5.50. The maximum Gasteiger partial charge on any atom is 0.282 e. The van der Waals surface area contributed by atoms with E-state index in [0.29, 0.717) is 11.2 Å². The van der Waals surface area contributed by atoms with Gasteiger partial charge in [0, 0.05) is 13.7 Å². The Morgan fingerprint density at radius 2 is 2.02 bits per heavy atom. The predicted octanol–water partition coefficient (Wildman–Crippen LogP) is -0.692. The van der Waals surface area contributed by atoms with Crippen LogP contribution in [0.5, 0.6) is 0 Å². The van der Waals surface area contributed by atoms with Crippen LogP contribution in [-0.2, 0) is 23.3 Å². The van der Waals surface area contributed by atoms with Gasteiger partial charge < -0.3 is 40.4 Å². The van der Waals surface area contributed by atoms with Crippen LogP contribution in [0.25, 0.3) is 22.3 Å². The largest absolute Gasteiger partial charge is 0.396 e. The summed E-state index contributed by atoms with van der Waals surface area (Å²) in [5, 5.41) is 28.4. The number of H-pyrrole nitrogens is 1. The molecule has 238 valence electrons. The van der Waals surface area contributed by atoms with E-state index in [0.717, 1.165) is 4.68 Å². The van der Waals surface area contributed by atoms with Gasteiger partial charge in [-0.05, 0) is 13.3 Å². The van der Waals surface area contributed by atoms with Gasteiger partial charge in [-0.1, -0.05) is 17.5 Å². The van der Waals surface area contributed by atoms with Gasteiger partial charge in [0.15, 0.2) is 35.1 Å². The Morgan fingerprint density at radius 3 is 2.75 bits per heavy atom. The second kappa shape index (κ2) is 11.2. The van der Waals surface area contributed by atoms with Crippen molar-refractivity contribution in [1.82, 2.24) is 44.5 Å². The van der Waals surface area contributed by atoms with Crippen LogP contribution in [0.4, 0.5) is 16.2 Å². The molecule has 0 aromatic carbocycles. The zero-order chi connectivity index (χ0) is 31.6. The van der Waals surface area contributed by atoms with Gasteiger partial charge in [0.05, 0.1) is 19.0 Å². The molecule has 9 atom stereocenters. The second-order valence-corrected chi connectivity index (χ2v) is 14.2. The number of nitrogen functional groups attached to an aromatic ring is 2. The van der Waals surface area contributed by atoms with Crippen LogP contribution in [0.2, 0.25) is 0 Å². The molecule has 2 aliphatic heterocycles. The van der Waals surface area contributed by atoms with E-state index in [1.54, 1.807) is 0 Å². The van der Waals surface area contributed by atoms with Crippen LogP contribution < -0.4 is 17.0 Å². The molecule has 0 aliphatic carbocycles. The van der Waals surface area contributed by atoms with Crippen molar-refractivity contribution in [3.63, 3.8) is 0 Å². The Bertz CT molecular complexity index is 1810. The number of imidazole rings is 1. The number of nitrogens with two attached hydrogens (primary N) is 2. The highest BCUT2D eigenvalue weighted by atomic mass is 32.7. The number of aromatic nitrogens is 9. The minimum atomic E-state index is -4.34. The Balaban J connectivity index is 1.29. The Hall–Kier alpha value is -3.30. The quantitative estimate of drug-likeness (QED) is 0.0960. The van der Waals surface area contributed by atoms with Gasteiger partial charge in [0.1, 0.15) is 41.5 Å². The van der Waals surface area contributed by atoms with Crippen LogP contribution in [-0.4, -0.2) is 111 Å². The molecule has 4 aromatic rings. The van der Waals surface area contributed by atoms with E-state index in [4.69, 9.17) is 30.2 Å². The molecular formula is C22H29FN11O8PS. The number of nitrogens with zero attached hydrogens (tertiary/aromatic N) is 8. The molecule has 0 radical (unpaired) electrons. The predicted molar refractivity (Wildman–Crippen MR) is 152 cm³/mol. The third kappa shape index (κ3) is 4.92. The summed E-state index contributed by atoms with van der Waals surface area (Å²) in [6, 6.07) is 0. The first-order valence-electron chi connectivity index (χ1n) is 13.2. The van der Waals surface area contributed by atoms with Crippen LogP contribution in [0.15, 0.2) is 17.4 Å². The van der Waals surface area contributed by atoms with Crippen molar-refractivity contribution in [2.45, 2.75) is 61.5 Å². The second-order valence-electron chi connectivity index (χ2n) is 10.6. The number of anilines is 2. The summed E-state index contributed by atoms with van der Waals surface area (Å²) in [5.41, 5.74) is 7.94. The normalized spacial score (nSPS) is 32.1. The van der Waals surface area contributed by atoms with E-state index in [-0.39, 0.29) is 29.4 Å². The zero-order valence-corrected chi connectivity index (χ0v) is 25.0. The van der Waals surface area contributed by atoms with Gasteiger partial charge in [-0.25, -0.2) is 19.3 Å². The first-order chi connectivity index (χ1) is 20.9. The van der Waals surface area contributed by atoms with Crippen molar-refractivity contribution < 1.29 is 37.9 Å². The Kier molecular flexibility index (Phi) is 7.85.